The number of rotatable bonds is 5. The third-order valence-electron chi connectivity index (χ3n) is 5.51. The molecule has 0 saturated heterocycles. The van der Waals surface area contributed by atoms with Crippen molar-refractivity contribution in [2.24, 2.45) is 10.9 Å². The lowest BCUT2D eigenvalue weighted by atomic mass is 9.78. The average Bonchev–Trinajstić information content (AvgIpc) is 2.90. The van der Waals surface area contributed by atoms with Gasteiger partial charge in [0.25, 0.3) is 0 Å². The number of esters is 1. The Bertz CT molecular complexity index is 704. The Labute approximate surface area is 161 Å². The van der Waals surface area contributed by atoms with E-state index in [4.69, 9.17) is 9.47 Å². The van der Waals surface area contributed by atoms with Crippen molar-refractivity contribution in [1.29, 1.82) is 0 Å². The Hall–Kier alpha value is -2.17. The molecule has 0 spiro atoms. The number of aliphatic imine (C=N–C) groups is 1. The number of hydrogen-bond acceptors (Lipinski definition) is 4. The van der Waals surface area contributed by atoms with E-state index in [2.05, 4.69) is 4.99 Å². The summed E-state index contributed by atoms with van der Waals surface area (Å²) >= 11 is 0. The van der Waals surface area contributed by atoms with Crippen molar-refractivity contribution >= 4 is 17.6 Å². The lowest BCUT2D eigenvalue weighted by Crippen LogP contribution is -2.37. The Morgan fingerprint density at radius 1 is 1.15 bits per heavy atom. The predicted molar refractivity (Wildman–Crippen MR) is 104 cm³/mol. The first-order valence-corrected chi connectivity index (χ1v) is 10.1. The van der Waals surface area contributed by atoms with Crippen molar-refractivity contribution in [3.8, 4) is 5.75 Å². The predicted octanol–water partition coefficient (Wildman–Crippen LogP) is 4.44. The summed E-state index contributed by atoms with van der Waals surface area (Å²) in [5.74, 6) is -0.558. The molecule has 1 aliphatic carbocycles. The molecule has 2 atom stereocenters. The minimum atomic E-state index is -0.535. The van der Waals surface area contributed by atoms with E-state index in [1.807, 2.05) is 31.2 Å². The van der Waals surface area contributed by atoms with E-state index in [9.17, 15) is 9.59 Å². The van der Waals surface area contributed by atoms with Gasteiger partial charge in [-0.2, -0.15) is 0 Å². The van der Waals surface area contributed by atoms with Gasteiger partial charge in [-0.1, -0.05) is 31.0 Å². The largest absolute Gasteiger partial charge is 0.494 e. The van der Waals surface area contributed by atoms with Gasteiger partial charge in [-0.05, 0) is 51.2 Å². The first kappa shape index (κ1) is 19.6. The van der Waals surface area contributed by atoms with Gasteiger partial charge in [-0.25, -0.2) is 4.99 Å². The molecule has 0 aromatic heterocycles. The minimum absolute atomic E-state index is 0.0202. The Kier molecular flexibility index (Phi) is 6.64. The maximum Gasteiger partial charge on any atom is 0.315 e. The molecule has 1 saturated carbocycles. The van der Waals surface area contributed by atoms with Gasteiger partial charge in [0.05, 0.1) is 6.61 Å². The van der Waals surface area contributed by atoms with Gasteiger partial charge in [0.15, 0.2) is 0 Å². The highest BCUT2D eigenvalue weighted by Crippen LogP contribution is 2.39. The second kappa shape index (κ2) is 9.16. The van der Waals surface area contributed by atoms with Gasteiger partial charge >= 0.3 is 5.97 Å². The monoisotopic (exact) mass is 371 g/mol. The second-order valence-electron chi connectivity index (χ2n) is 7.46. The third-order valence-corrected chi connectivity index (χ3v) is 5.51. The van der Waals surface area contributed by atoms with Crippen molar-refractivity contribution in [3.05, 3.63) is 29.8 Å². The molecule has 2 aliphatic rings. The third kappa shape index (κ3) is 4.76. The molecule has 3 rings (SSSR count). The van der Waals surface area contributed by atoms with Gasteiger partial charge in [-0.3, -0.25) is 9.59 Å². The molecule has 1 aromatic rings. The number of carbonyl (C=O) groups excluding carboxylic acids is 2. The summed E-state index contributed by atoms with van der Waals surface area (Å²) < 4.78 is 11.6. The summed E-state index contributed by atoms with van der Waals surface area (Å²) in [6.07, 6.45) is 6.64. The number of carbonyl (C=O) groups is 2. The van der Waals surface area contributed by atoms with Crippen LogP contribution >= 0.6 is 0 Å². The number of amides is 1. The number of para-hydroxylation sites is 1. The zero-order chi connectivity index (χ0) is 19.2. The van der Waals surface area contributed by atoms with Crippen LogP contribution in [0.5, 0.6) is 5.75 Å². The molecular formula is C22H29NO4. The molecule has 1 aliphatic heterocycles. The molecule has 5 heteroatoms. The Balaban J connectivity index is 1.86. The van der Waals surface area contributed by atoms with E-state index in [1.54, 1.807) is 6.92 Å². The number of benzene rings is 1. The molecule has 2 unspecified atom stereocenters. The molecule has 27 heavy (non-hydrogen) atoms. The summed E-state index contributed by atoms with van der Waals surface area (Å²) in [4.78, 5) is 29.3. The zero-order valence-electron chi connectivity index (χ0n) is 16.3. The van der Waals surface area contributed by atoms with Crippen LogP contribution in [0.25, 0.3) is 0 Å². The van der Waals surface area contributed by atoms with Crippen LogP contribution in [0, 0.1) is 5.92 Å². The molecule has 0 radical (unpaired) electrons. The highest BCUT2D eigenvalue weighted by Gasteiger charge is 2.40. The summed E-state index contributed by atoms with van der Waals surface area (Å²) in [5.41, 5.74) is 1.42. The molecule has 1 amide bonds. The Morgan fingerprint density at radius 2 is 1.85 bits per heavy atom. The molecule has 146 valence electrons. The smallest absolute Gasteiger partial charge is 0.315 e. The number of ether oxygens (including phenoxy) is 2. The van der Waals surface area contributed by atoms with Crippen LogP contribution in [0.2, 0.25) is 0 Å². The van der Waals surface area contributed by atoms with E-state index in [0.29, 0.717) is 12.3 Å². The maximum absolute atomic E-state index is 13.1. The Morgan fingerprint density at radius 3 is 2.56 bits per heavy atom. The van der Waals surface area contributed by atoms with Crippen molar-refractivity contribution in [2.45, 2.75) is 70.8 Å². The summed E-state index contributed by atoms with van der Waals surface area (Å²) in [7, 11) is 0. The fourth-order valence-electron chi connectivity index (χ4n) is 4.20. The van der Waals surface area contributed by atoms with E-state index in [1.165, 1.54) is 12.8 Å². The van der Waals surface area contributed by atoms with Gasteiger partial charge in [0.2, 0.25) is 5.91 Å². The van der Waals surface area contributed by atoms with Crippen LogP contribution in [-0.4, -0.2) is 30.3 Å². The highest BCUT2D eigenvalue weighted by molar-refractivity contribution is 6.08. The molecule has 1 aromatic carbocycles. The van der Waals surface area contributed by atoms with E-state index >= 15 is 0 Å². The van der Waals surface area contributed by atoms with Gasteiger partial charge in [0, 0.05) is 18.1 Å². The molecular weight excluding hydrogens is 342 g/mol. The van der Waals surface area contributed by atoms with Gasteiger partial charge in [-0.15, -0.1) is 0 Å². The maximum atomic E-state index is 13.1. The standard InChI is InChI=1S/C22H29NO4/c1-3-26-19-13-9-8-12-17(19)18-14-20(24)23-15(2)21(18)22(25)27-16-10-6-4-5-7-11-16/h8-9,12-13,16,18,21H,3-7,10-11,14H2,1-2H3. The molecule has 0 bridgehead atoms. The van der Waals surface area contributed by atoms with Crippen LogP contribution in [0.1, 0.15) is 70.3 Å². The molecule has 0 N–H and O–H groups in total. The highest BCUT2D eigenvalue weighted by atomic mass is 16.5. The first-order chi connectivity index (χ1) is 13.1. The number of hydrogen-bond donors (Lipinski definition) is 0. The first-order valence-electron chi connectivity index (χ1n) is 10.1. The van der Waals surface area contributed by atoms with Gasteiger partial charge < -0.3 is 9.47 Å². The normalized spacial score (nSPS) is 24.1. The van der Waals surface area contributed by atoms with Crippen LogP contribution < -0.4 is 4.74 Å². The quantitative estimate of drug-likeness (QED) is 0.567. The average molecular weight is 371 g/mol. The molecule has 1 fully saturated rings. The van der Waals surface area contributed by atoms with Crippen molar-refractivity contribution in [1.82, 2.24) is 0 Å². The van der Waals surface area contributed by atoms with Crippen LogP contribution in [-0.2, 0) is 14.3 Å². The van der Waals surface area contributed by atoms with E-state index in [-0.39, 0.29) is 30.3 Å². The SMILES string of the molecule is CCOc1ccccc1C1CC(=O)N=C(C)C1C(=O)OC1CCCCCC1. The topological polar surface area (TPSA) is 65.0 Å². The molecule has 1 heterocycles. The van der Waals surface area contributed by atoms with Crippen molar-refractivity contribution < 1.29 is 19.1 Å². The van der Waals surface area contributed by atoms with Crippen LogP contribution in [0.15, 0.2) is 29.3 Å². The second-order valence-corrected chi connectivity index (χ2v) is 7.46. The van der Waals surface area contributed by atoms with Crippen LogP contribution in [0.3, 0.4) is 0 Å². The zero-order valence-corrected chi connectivity index (χ0v) is 16.3. The number of nitrogens with zero attached hydrogens (tertiary/aromatic N) is 1. The van der Waals surface area contributed by atoms with Crippen molar-refractivity contribution in [3.63, 3.8) is 0 Å². The molecule has 5 nitrogen and oxygen atoms in total. The lowest BCUT2D eigenvalue weighted by Gasteiger charge is -2.30. The van der Waals surface area contributed by atoms with E-state index in [0.717, 1.165) is 37.0 Å². The fourth-order valence-corrected chi connectivity index (χ4v) is 4.20. The summed E-state index contributed by atoms with van der Waals surface area (Å²) in [6.45, 7) is 4.21. The van der Waals surface area contributed by atoms with Crippen molar-refractivity contribution in [2.75, 3.05) is 6.61 Å². The minimum Gasteiger partial charge on any atom is -0.494 e. The summed E-state index contributed by atoms with van der Waals surface area (Å²) in [6, 6.07) is 7.64. The van der Waals surface area contributed by atoms with Crippen LogP contribution in [0.4, 0.5) is 0 Å². The summed E-state index contributed by atoms with van der Waals surface area (Å²) in [5, 5.41) is 0. The van der Waals surface area contributed by atoms with E-state index < -0.39 is 5.92 Å². The lowest BCUT2D eigenvalue weighted by molar-refractivity contribution is -0.153. The fraction of sp³-hybridized carbons (Fsp3) is 0.591. The van der Waals surface area contributed by atoms with Gasteiger partial charge in [0.1, 0.15) is 17.8 Å².